The summed E-state index contributed by atoms with van der Waals surface area (Å²) >= 11 is 2.98. The van der Waals surface area contributed by atoms with Gasteiger partial charge >= 0.3 is 5.97 Å². The number of carboxylic acids is 1. The monoisotopic (exact) mass is 265 g/mol. The minimum absolute atomic E-state index is 0.0718. The SMILES string of the molecule is O=C(O)Cc1c(Br)cncc1C(F)F. The number of carboxylic acid groups (broad SMARTS) is 1. The molecule has 1 aromatic heterocycles. The molecule has 0 saturated heterocycles. The van der Waals surface area contributed by atoms with Crippen molar-refractivity contribution in [1.82, 2.24) is 4.98 Å². The van der Waals surface area contributed by atoms with Gasteiger partial charge in [-0.05, 0) is 21.5 Å². The molecule has 14 heavy (non-hydrogen) atoms. The number of rotatable bonds is 3. The van der Waals surface area contributed by atoms with Crippen LogP contribution < -0.4 is 0 Å². The van der Waals surface area contributed by atoms with Gasteiger partial charge in [0.05, 0.1) is 6.42 Å². The van der Waals surface area contributed by atoms with Crippen LogP contribution in [0.5, 0.6) is 0 Å². The van der Waals surface area contributed by atoms with Crippen LogP contribution in [0.1, 0.15) is 17.6 Å². The number of carbonyl (C=O) groups is 1. The zero-order valence-corrected chi connectivity index (χ0v) is 8.46. The van der Waals surface area contributed by atoms with E-state index in [-0.39, 0.29) is 15.6 Å². The summed E-state index contributed by atoms with van der Waals surface area (Å²) in [5.41, 5.74) is -0.274. The van der Waals surface area contributed by atoms with E-state index < -0.39 is 18.8 Å². The molecule has 0 unspecified atom stereocenters. The van der Waals surface area contributed by atoms with Crippen LogP contribution in [0, 0.1) is 0 Å². The predicted octanol–water partition coefficient (Wildman–Crippen LogP) is 2.41. The minimum Gasteiger partial charge on any atom is -0.481 e. The third-order valence-corrected chi connectivity index (χ3v) is 2.28. The van der Waals surface area contributed by atoms with E-state index in [1.165, 1.54) is 6.20 Å². The van der Waals surface area contributed by atoms with E-state index >= 15 is 0 Å². The molecule has 0 saturated carbocycles. The molecule has 1 aromatic rings. The van der Waals surface area contributed by atoms with Crippen molar-refractivity contribution in [1.29, 1.82) is 0 Å². The fourth-order valence-corrected chi connectivity index (χ4v) is 1.49. The summed E-state index contributed by atoms with van der Waals surface area (Å²) in [5.74, 6) is -1.15. The van der Waals surface area contributed by atoms with Gasteiger partial charge in [-0.3, -0.25) is 9.78 Å². The molecule has 1 rings (SSSR count). The smallest absolute Gasteiger partial charge is 0.307 e. The van der Waals surface area contributed by atoms with E-state index in [4.69, 9.17) is 5.11 Å². The van der Waals surface area contributed by atoms with Crippen molar-refractivity contribution in [3.63, 3.8) is 0 Å². The molecule has 0 radical (unpaired) electrons. The maximum atomic E-state index is 12.4. The number of halogens is 3. The number of hydrogen-bond acceptors (Lipinski definition) is 2. The number of pyridine rings is 1. The van der Waals surface area contributed by atoms with Crippen LogP contribution in [0.2, 0.25) is 0 Å². The first-order valence-corrected chi connectivity index (χ1v) is 4.44. The molecule has 3 nitrogen and oxygen atoms in total. The fraction of sp³-hybridized carbons (Fsp3) is 0.250. The molecular weight excluding hydrogens is 260 g/mol. The fourth-order valence-electron chi connectivity index (χ4n) is 1.00. The molecule has 6 heteroatoms. The highest BCUT2D eigenvalue weighted by Crippen LogP contribution is 2.27. The van der Waals surface area contributed by atoms with Gasteiger partial charge < -0.3 is 5.11 Å². The van der Waals surface area contributed by atoms with Crippen LogP contribution in [0.3, 0.4) is 0 Å². The Morgan fingerprint density at radius 1 is 1.57 bits per heavy atom. The Bertz CT molecular complexity index is 357. The highest BCUT2D eigenvalue weighted by molar-refractivity contribution is 9.10. The third-order valence-electron chi connectivity index (χ3n) is 1.60. The van der Waals surface area contributed by atoms with Gasteiger partial charge in [0.1, 0.15) is 0 Å². The van der Waals surface area contributed by atoms with Gasteiger partial charge in [0.2, 0.25) is 0 Å². The van der Waals surface area contributed by atoms with Gasteiger partial charge in [0, 0.05) is 22.4 Å². The summed E-state index contributed by atoms with van der Waals surface area (Å²) in [6, 6.07) is 0. The summed E-state index contributed by atoms with van der Waals surface area (Å²) in [4.78, 5) is 14.0. The average Bonchev–Trinajstić information content (AvgIpc) is 2.07. The lowest BCUT2D eigenvalue weighted by molar-refractivity contribution is -0.136. The molecule has 1 N–H and O–H groups in total. The van der Waals surface area contributed by atoms with Gasteiger partial charge in [-0.2, -0.15) is 0 Å². The Hall–Kier alpha value is -1.04. The number of aromatic nitrogens is 1. The molecule has 0 spiro atoms. The van der Waals surface area contributed by atoms with E-state index in [9.17, 15) is 13.6 Å². The molecular formula is C8H6BrF2NO2. The Morgan fingerprint density at radius 2 is 2.21 bits per heavy atom. The quantitative estimate of drug-likeness (QED) is 0.913. The summed E-state index contributed by atoms with van der Waals surface area (Å²) in [7, 11) is 0. The second-order valence-electron chi connectivity index (χ2n) is 2.56. The van der Waals surface area contributed by atoms with Crippen LogP contribution >= 0.6 is 15.9 Å². The highest BCUT2D eigenvalue weighted by Gasteiger charge is 2.17. The zero-order valence-electron chi connectivity index (χ0n) is 6.88. The van der Waals surface area contributed by atoms with Crippen molar-refractivity contribution in [2.24, 2.45) is 0 Å². The lowest BCUT2D eigenvalue weighted by atomic mass is 10.1. The van der Waals surface area contributed by atoms with Gasteiger partial charge in [-0.25, -0.2) is 8.78 Å². The Labute approximate surface area is 86.9 Å². The first kappa shape index (κ1) is 11.0. The normalized spacial score (nSPS) is 10.6. The Balaban J connectivity index is 3.15. The summed E-state index contributed by atoms with van der Waals surface area (Å²) in [6.45, 7) is 0. The molecule has 0 aromatic carbocycles. The van der Waals surface area contributed by atoms with Crippen molar-refractivity contribution in [2.75, 3.05) is 0 Å². The van der Waals surface area contributed by atoms with E-state index in [0.717, 1.165) is 6.20 Å². The van der Waals surface area contributed by atoms with Crippen LogP contribution in [0.4, 0.5) is 8.78 Å². The maximum absolute atomic E-state index is 12.4. The van der Waals surface area contributed by atoms with Crippen molar-refractivity contribution in [3.05, 3.63) is 28.0 Å². The third kappa shape index (κ3) is 2.47. The minimum atomic E-state index is -2.71. The van der Waals surface area contributed by atoms with Crippen molar-refractivity contribution in [3.8, 4) is 0 Å². The van der Waals surface area contributed by atoms with E-state index in [2.05, 4.69) is 20.9 Å². The number of alkyl halides is 2. The van der Waals surface area contributed by atoms with E-state index in [0.29, 0.717) is 0 Å². The van der Waals surface area contributed by atoms with Crippen LogP contribution in [0.15, 0.2) is 16.9 Å². The number of aliphatic carboxylic acids is 1. The van der Waals surface area contributed by atoms with Gasteiger partial charge in [0.15, 0.2) is 0 Å². The second-order valence-corrected chi connectivity index (χ2v) is 3.41. The molecule has 0 amide bonds. The van der Waals surface area contributed by atoms with Crippen molar-refractivity contribution < 1.29 is 18.7 Å². The number of hydrogen-bond donors (Lipinski definition) is 1. The van der Waals surface area contributed by atoms with Gasteiger partial charge in [0.25, 0.3) is 6.43 Å². The van der Waals surface area contributed by atoms with Gasteiger partial charge in [-0.15, -0.1) is 0 Å². The lowest BCUT2D eigenvalue weighted by Gasteiger charge is -2.07. The molecule has 0 aliphatic carbocycles. The predicted molar refractivity (Wildman–Crippen MR) is 48.2 cm³/mol. The van der Waals surface area contributed by atoms with Crippen LogP contribution in [0.25, 0.3) is 0 Å². The Kier molecular flexibility index (Phi) is 3.51. The highest BCUT2D eigenvalue weighted by atomic mass is 79.9. The molecule has 0 aliphatic rings. The summed E-state index contributed by atoms with van der Waals surface area (Å²) in [5, 5.41) is 8.51. The van der Waals surface area contributed by atoms with E-state index in [1.54, 1.807) is 0 Å². The van der Waals surface area contributed by atoms with Crippen LogP contribution in [-0.2, 0) is 11.2 Å². The number of nitrogens with zero attached hydrogens (tertiary/aromatic N) is 1. The summed E-state index contributed by atoms with van der Waals surface area (Å²) in [6.07, 6.45) is -0.880. The molecule has 76 valence electrons. The van der Waals surface area contributed by atoms with Crippen molar-refractivity contribution >= 4 is 21.9 Å². The summed E-state index contributed by atoms with van der Waals surface area (Å²) < 4.78 is 25.1. The molecule has 0 atom stereocenters. The van der Waals surface area contributed by atoms with E-state index in [1.807, 2.05) is 0 Å². The topological polar surface area (TPSA) is 50.2 Å². The first-order valence-electron chi connectivity index (χ1n) is 3.64. The lowest BCUT2D eigenvalue weighted by Crippen LogP contribution is -2.05. The van der Waals surface area contributed by atoms with Gasteiger partial charge in [-0.1, -0.05) is 0 Å². The second kappa shape index (κ2) is 4.45. The largest absolute Gasteiger partial charge is 0.481 e. The van der Waals surface area contributed by atoms with Crippen molar-refractivity contribution in [2.45, 2.75) is 12.8 Å². The molecule has 0 fully saturated rings. The van der Waals surface area contributed by atoms with Crippen LogP contribution in [-0.4, -0.2) is 16.1 Å². The zero-order chi connectivity index (χ0) is 10.7. The molecule has 1 heterocycles. The maximum Gasteiger partial charge on any atom is 0.307 e. The average molecular weight is 266 g/mol. The Morgan fingerprint density at radius 3 is 2.71 bits per heavy atom. The standard InChI is InChI=1S/C8H6BrF2NO2/c9-6-3-12-2-5(8(10)11)4(6)1-7(13)14/h2-3,8H,1H2,(H,13,14). The molecule has 0 aliphatic heterocycles. The first-order chi connectivity index (χ1) is 6.52. The molecule has 0 bridgehead atoms.